The fraction of sp³-hybridized carbons (Fsp3) is 0.174. The third-order valence-corrected chi connectivity index (χ3v) is 3.87. The number of nitrogens with one attached hydrogen (secondary N) is 1. The van der Waals surface area contributed by atoms with Crippen molar-refractivity contribution in [1.82, 2.24) is 9.88 Å². The van der Waals surface area contributed by atoms with E-state index in [0.717, 1.165) is 29.0 Å². The number of hydrogen-bond donors (Lipinski definition) is 1. The quantitative estimate of drug-likeness (QED) is 0.547. The van der Waals surface area contributed by atoms with Crippen LogP contribution in [0.25, 0.3) is 10.9 Å². The number of para-hydroxylation sites is 1. The van der Waals surface area contributed by atoms with E-state index in [9.17, 15) is 9.59 Å². The van der Waals surface area contributed by atoms with E-state index in [1.54, 1.807) is 6.20 Å². The predicted molar refractivity (Wildman–Crippen MR) is 112 cm³/mol. The molecule has 0 spiro atoms. The van der Waals surface area contributed by atoms with Crippen LogP contribution in [0.1, 0.15) is 28.4 Å². The Bertz CT molecular complexity index is 937. The van der Waals surface area contributed by atoms with E-state index in [0.29, 0.717) is 12.1 Å². The highest BCUT2D eigenvalue weighted by atomic mass is 16.2. The van der Waals surface area contributed by atoms with Crippen LogP contribution in [0.15, 0.2) is 54.7 Å². The van der Waals surface area contributed by atoms with E-state index in [-0.39, 0.29) is 12.5 Å². The van der Waals surface area contributed by atoms with Crippen LogP contribution in [-0.2, 0) is 22.7 Å². The molecule has 0 bridgehead atoms. The van der Waals surface area contributed by atoms with Gasteiger partial charge in [0, 0.05) is 29.2 Å². The monoisotopic (exact) mass is 376 g/mol. The number of terminal acetylenes is 1. The van der Waals surface area contributed by atoms with Crippen molar-refractivity contribution in [3.8, 4) is 12.8 Å². The summed E-state index contributed by atoms with van der Waals surface area (Å²) in [7, 11) is 0. The second kappa shape index (κ2) is 11.9. The second-order valence-corrected chi connectivity index (χ2v) is 5.85. The van der Waals surface area contributed by atoms with Gasteiger partial charge in [-0.1, -0.05) is 48.0 Å². The van der Waals surface area contributed by atoms with Gasteiger partial charge in [-0.25, -0.2) is 0 Å². The van der Waals surface area contributed by atoms with Crippen LogP contribution in [0.5, 0.6) is 0 Å². The smallest absolute Gasteiger partial charge is 0.240 e. The topological polar surface area (TPSA) is 68.2 Å². The van der Waals surface area contributed by atoms with Gasteiger partial charge in [0.2, 0.25) is 5.91 Å². The van der Waals surface area contributed by atoms with E-state index < -0.39 is 0 Å². The fourth-order valence-corrected chi connectivity index (χ4v) is 2.62. The molecule has 2 aromatic carbocycles. The lowest BCUT2D eigenvalue weighted by Gasteiger charge is -2.08. The van der Waals surface area contributed by atoms with Crippen molar-refractivity contribution in [1.29, 1.82) is 0 Å². The first kappa shape index (κ1) is 22.4. The second-order valence-electron chi connectivity index (χ2n) is 5.85. The lowest BCUT2D eigenvalue weighted by molar-refractivity contribution is -0.121. The predicted octanol–water partition coefficient (Wildman–Crippen LogP) is 3.53. The van der Waals surface area contributed by atoms with E-state index in [4.69, 9.17) is 4.79 Å². The highest BCUT2D eigenvalue weighted by Crippen LogP contribution is 2.19. The number of aldehydes is 2. The van der Waals surface area contributed by atoms with Crippen molar-refractivity contribution >= 4 is 29.4 Å². The number of carbonyl (C=O) groups is 3. The van der Waals surface area contributed by atoms with Gasteiger partial charge in [-0.2, -0.15) is 0 Å². The summed E-state index contributed by atoms with van der Waals surface area (Å²) in [6.07, 6.45) is 11.3. The largest absolute Gasteiger partial charge is 0.350 e. The first-order valence-electron chi connectivity index (χ1n) is 8.67. The molecule has 0 fully saturated rings. The molecule has 0 saturated heterocycles. The third kappa shape index (κ3) is 6.26. The van der Waals surface area contributed by atoms with E-state index in [2.05, 4.69) is 18.2 Å². The minimum absolute atomic E-state index is 0.0798. The Morgan fingerprint density at radius 3 is 2.29 bits per heavy atom. The molecule has 0 aliphatic carbocycles. The molecule has 144 valence electrons. The molecule has 3 aromatic rings. The summed E-state index contributed by atoms with van der Waals surface area (Å²) in [6.45, 7) is 4.17. The molecular weight excluding hydrogens is 352 g/mol. The van der Waals surface area contributed by atoms with E-state index in [1.165, 1.54) is 12.5 Å². The highest BCUT2D eigenvalue weighted by molar-refractivity contribution is 5.98. The summed E-state index contributed by atoms with van der Waals surface area (Å²) in [5.41, 5.74) is 3.75. The summed E-state index contributed by atoms with van der Waals surface area (Å²) in [4.78, 5) is 32.1. The molecule has 1 heterocycles. The molecule has 0 unspecified atom stereocenters. The zero-order chi connectivity index (χ0) is 20.9. The molecule has 1 amide bonds. The van der Waals surface area contributed by atoms with Crippen LogP contribution in [0.4, 0.5) is 0 Å². The SMILES string of the molecule is C#C.CC=O.Cc1ccc(CNC(=O)Cn2cc(C=O)c3ccccc32)cc1. The molecule has 0 aliphatic heterocycles. The lowest BCUT2D eigenvalue weighted by atomic mass is 10.1. The number of aromatic nitrogens is 1. The number of benzene rings is 2. The van der Waals surface area contributed by atoms with Gasteiger partial charge in [0.1, 0.15) is 12.8 Å². The summed E-state index contributed by atoms with van der Waals surface area (Å²) >= 11 is 0. The molecule has 1 aromatic heterocycles. The molecule has 1 N–H and O–H groups in total. The molecule has 28 heavy (non-hydrogen) atoms. The minimum Gasteiger partial charge on any atom is -0.350 e. The summed E-state index contributed by atoms with van der Waals surface area (Å²) in [6, 6.07) is 15.6. The maximum atomic E-state index is 12.2. The van der Waals surface area contributed by atoms with E-state index >= 15 is 0 Å². The lowest BCUT2D eigenvalue weighted by Crippen LogP contribution is -2.26. The van der Waals surface area contributed by atoms with Crippen LogP contribution in [0.2, 0.25) is 0 Å². The number of amides is 1. The van der Waals surface area contributed by atoms with Gasteiger partial charge in [0.05, 0.1) is 0 Å². The molecule has 5 heteroatoms. The summed E-state index contributed by atoms with van der Waals surface area (Å²) in [5, 5.41) is 3.78. The maximum Gasteiger partial charge on any atom is 0.240 e. The number of aryl methyl sites for hydroxylation is 1. The first-order valence-corrected chi connectivity index (χ1v) is 8.67. The number of nitrogens with zero attached hydrogens (tertiary/aromatic N) is 1. The summed E-state index contributed by atoms with van der Waals surface area (Å²) in [5.74, 6) is -0.0798. The van der Waals surface area contributed by atoms with Gasteiger partial charge in [-0.05, 0) is 25.5 Å². The van der Waals surface area contributed by atoms with Crippen molar-refractivity contribution in [3.05, 3.63) is 71.4 Å². The van der Waals surface area contributed by atoms with Crippen LogP contribution in [0.3, 0.4) is 0 Å². The Morgan fingerprint density at radius 2 is 1.68 bits per heavy atom. The Morgan fingerprint density at radius 1 is 1.07 bits per heavy atom. The Kier molecular flexibility index (Phi) is 9.49. The standard InChI is InChI=1S/C19H18N2O2.C2H4O.C2H2/c1-14-6-8-15(9-7-14)10-20-19(23)12-21-11-16(13-22)17-4-2-3-5-18(17)21;1-2-3;1-2/h2-9,11,13H,10,12H2,1H3,(H,20,23);2H,1H3;1-2H. The van der Waals surface area contributed by atoms with Crippen LogP contribution in [-0.4, -0.2) is 23.0 Å². The van der Waals surface area contributed by atoms with Gasteiger partial charge in [-0.3, -0.25) is 9.59 Å². The van der Waals surface area contributed by atoms with Crippen molar-refractivity contribution in [2.75, 3.05) is 0 Å². The molecule has 0 aliphatic rings. The Labute approximate surface area is 165 Å². The van der Waals surface area contributed by atoms with E-state index in [1.807, 2.05) is 60.0 Å². The zero-order valence-electron chi connectivity index (χ0n) is 16.1. The van der Waals surface area contributed by atoms with Crippen molar-refractivity contribution < 1.29 is 14.4 Å². The first-order chi connectivity index (χ1) is 13.6. The van der Waals surface area contributed by atoms with Gasteiger partial charge < -0.3 is 14.7 Å². The fourth-order valence-electron chi connectivity index (χ4n) is 2.62. The maximum absolute atomic E-state index is 12.2. The highest BCUT2D eigenvalue weighted by Gasteiger charge is 2.10. The van der Waals surface area contributed by atoms with Crippen LogP contribution < -0.4 is 5.32 Å². The molecule has 0 saturated carbocycles. The molecule has 0 atom stereocenters. The normalized spacial score (nSPS) is 9.29. The minimum atomic E-state index is -0.0798. The Hall–Kier alpha value is -3.65. The molecular formula is C23H24N2O3. The average molecular weight is 376 g/mol. The summed E-state index contributed by atoms with van der Waals surface area (Å²) < 4.78 is 1.81. The molecule has 3 rings (SSSR count). The third-order valence-electron chi connectivity index (χ3n) is 3.87. The van der Waals surface area contributed by atoms with Gasteiger partial charge >= 0.3 is 0 Å². The molecule has 5 nitrogen and oxygen atoms in total. The average Bonchev–Trinajstić information content (AvgIpc) is 3.07. The zero-order valence-corrected chi connectivity index (χ0v) is 16.1. The van der Waals surface area contributed by atoms with Crippen LogP contribution in [0, 0.1) is 19.8 Å². The molecule has 0 radical (unpaired) electrons. The van der Waals surface area contributed by atoms with Crippen LogP contribution >= 0.6 is 0 Å². The van der Waals surface area contributed by atoms with Crippen molar-refractivity contribution in [2.24, 2.45) is 0 Å². The van der Waals surface area contributed by atoms with Crippen molar-refractivity contribution in [2.45, 2.75) is 26.9 Å². The number of rotatable bonds is 5. The van der Waals surface area contributed by atoms with Gasteiger partial charge in [0.15, 0.2) is 6.29 Å². The van der Waals surface area contributed by atoms with Crippen molar-refractivity contribution in [3.63, 3.8) is 0 Å². The van der Waals surface area contributed by atoms with Gasteiger partial charge in [-0.15, -0.1) is 12.8 Å². The number of carbonyl (C=O) groups excluding carboxylic acids is 3. The number of hydrogen-bond acceptors (Lipinski definition) is 3. The number of fused-ring (bicyclic) bond motifs is 1. The van der Waals surface area contributed by atoms with Gasteiger partial charge in [0.25, 0.3) is 0 Å². The Balaban J connectivity index is 0.000000717.